The molecule has 7 nitrogen and oxygen atoms in total. The minimum Gasteiger partial charge on any atom is -0.493 e. The summed E-state index contributed by atoms with van der Waals surface area (Å²) in [4.78, 5) is 11.7. The molecule has 0 aliphatic carbocycles. The molecule has 0 saturated carbocycles. The first-order chi connectivity index (χ1) is 16.6. The maximum atomic E-state index is 15.0. The summed E-state index contributed by atoms with van der Waals surface area (Å²) in [6.07, 6.45) is 3.58. The minimum atomic E-state index is -0.437. The zero-order chi connectivity index (χ0) is 24.1. The molecule has 1 fully saturated rings. The van der Waals surface area contributed by atoms with E-state index in [-0.39, 0.29) is 11.6 Å². The van der Waals surface area contributed by atoms with E-state index in [0.29, 0.717) is 40.3 Å². The second-order valence-corrected chi connectivity index (χ2v) is 8.10. The summed E-state index contributed by atoms with van der Waals surface area (Å²) in [5.41, 5.74) is 2.23. The van der Waals surface area contributed by atoms with Gasteiger partial charge in [-0.25, -0.2) is 14.4 Å². The molecule has 1 aliphatic rings. The topological polar surface area (TPSA) is 81.3 Å². The van der Waals surface area contributed by atoms with Crippen LogP contribution in [-0.2, 0) is 0 Å². The third kappa shape index (κ3) is 4.92. The normalized spacial score (nSPS) is 14.0. The van der Waals surface area contributed by atoms with Gasteiger partial charge in [0.25, 0.3) is 0 Å². The van der Waals surface area contributed by atoms with E-state index in [4.69, 9.17) is 14.2 Å². The van der Waals surface area contributed by atoms with Gasteiger partial charge in [0, 0.05) is 22.7 Å². The van der Waals surface area contributed by atoms with Crippen LogP contribution in [0.1, 0.15) is 32.4 Å². The Hall–Kier alpha value is -3.39. The molecule has 0 amide bonds. The molecule has 8 heteroatoms. The van der Waals surface area contributed by atoms with Crippen LogP contribution in [0.4, 0.5) is 4.39 Å². The maximum Gasteiger partial charge on any atom is 0.230 e. The van der Waals surface area contributed by atoms with Gasteiger partial charge in [0.15, 0.2) is 23.1 Å². The molecule has 0 spiro atoms. The van der Waals surface area contributed by atoms with Crippen molar-refractivity contribution >= 4 is 21.8 Å². The summed E-state index contributed by atoms with van der Waals surface area (Å²) in [6.45, 7) is 8.54. The Labute approximate surface area is 198 Å². The highest BCUT2D eigenvalue weighted by Crippen LogP contribution is 2.37. The highest BCUT2D eigenvalue weighted by molar-refractivity contribution is 5.87. The molecule has 4 aromatic rings. The van der Waals surface area contributed by atoms with E-state index in [0.717, 1.165) is 37.1 Å². The van der Waals surface area contributed by atoms with Gasteiger partial charge < -0.3 is 24.5 Å². The van der Waals surface area contributed by atoms with Crippen LogP contribution < -0.4 is 19.5 Å². The summed E-state index contributed by atoms with van der Waals surface area (Å²) in [6, 6.07) is 8.73. The lowest BCUT2D eigenvalue weighted by Crippen LogP contribution is -2.30. The average Bonchev–Trinajstić information content (AvgIpc) is 3.27. The van der Waals surface area contributed by atoms with E-state index < -0.39 is 5.82 Å². The summed E-state index contributed by atoms with van der Waals surface area (Å²) >= 11 is 0. The predicted molar refractivity (Wildman–Crippen MR) is 132 cm³/mol. The maximum absolute atomic E-state index is 15.0. The molecule has 0 bridgehead atoms. The fourth-order valence-electron chi connectivity index (χ4n) is 4.12. The number of benzene rings is 2. The van der Waals surface area contributed by atoms with Crippen molar-refractivity contribution in [1.29, 1.82) is 0 Å². The van der Waals surface area contributed by atoms with E-state index in [9.17, 15) is 0 Å². The molecule has 2 aromatic heterocycles. The lowest BCUT2D eigenvalue weighted by atomic mass is 9.99. The second-order valence-electron chi connectivity index (χ2n) is 8.10. The number of halogens is 1. The highest BCUT2D eigenvalue weighted by atomic mass is 19.1. The van der Waals surface area contributed by atoms with Crippen LogP contribution >= 0.6 is 0 Å². The Kier molecular flexibility index (Phi) is 7.47. The number of ether oxygens (including phenoxy) is 3. The smallest absolute Gasteiger partial charge is 0.230 e. The summed E-state index contributed by atoms with van der Waals surface area (Å²) < 4.78 is 32.6. The zero-order valence-corrected chi connectivity index (χ0v) is 20.1. The Morgan fingerprint density at radius 3 is 2.56 bits per heavy atom. The summed E-state index contributed by atoms with van der Waals surface area (Å²) in [7, 11) is 1.59. The number of methoxy groups -OCH3 is 1. The number of fused-ring (bicyclic) bond motifs is 2. The number of aromatic nitrogens is 3. The molecule has 2 aromatic carbocycles. The monoisotopic (exact) mass is 466 g/mol. The average molecular weight is 467 g/mol. The van der Waals surface area contributed by atoms with Crippen molar-refractivity contribution in [1.82, 2.24) is 20.3 Å². The zero-order valence-electron chi connectivity index (χ0n) is 20.1. The number of piperidine rings is 1. The van der Waals surface area contributed by atoms with Crippen molar-refractivity contribution < 1.29 is 18.6 Å². The highest BCUT2D eigenvalue weighted by Gasteiger charge is 2.18. The predicted octanol–water partition coefficient (Wildman–Crippen LogP) is 5.76. The van der Waals surface area contributed by atoms with Crippen LogP contribution in [0.15, 0.2) is 36.7 Å². The Morgan fingerprint density at radius 1 is 1.00 bits per heavy atom. The molecule has 0 unspecified atom stereocenters. The third-order valence-corrected chi connectivity index (χ3v) is 5.86. The molecule has 1 aliphatic heterocycles. The van der Waals surface area contributed by atoms with Gasteiger partial charge in [0.1, 0.15) is 6.33 Å². The Morgan fingerprint density at radius 2 is 1.79 bits per heavy atom. The first kappa shape index (κ1) is 23.8. The number of H-pyrrole nitrogens is 1. The van der Waals surface area contributed by atoms with Crippen molar-refractivity contribution in [3.63, 3.8) is 0 Å². The quantitative estimate of drug-likeness (QED) is 0.376. The molecule has 2 N–H and O–H groups in total. The van der Waals surface area contributed by atoms with E-state index in [1.54, 1.807) is 31.4 Å². The van der Waals surface area contributed by atoms with E-state index in [1.807, 2.05) is 26.8 Å². The molecule has 34 heavy (non-hydrogen) atoms. The van der Waals surface area contributed by atoms with Crippen LogP contribution in [0, 0.1) is 18.7 Å². The first-order valence-electron chi connectivity index (χ1n) is 11.7. The molecule has 5 rings (SSSR count). The van der Waals surface area contributed by atoms with E-state index in [2.05, 4.69) is 20.3 Å². The van der Waals surface area contributed by atoms with Crippen LogP contribution in [0.3, 0.4) is 0 Å². The van der Waals surface area contributed by atoms with Crippen LogP contribution in [0.25, 0.3) is 21.8 Å². The van der Waals surface area contributed by atoms with Gasteiger partial charge in [-0.2, -0.15) is 0 Å². The van der Waals surface area contributed by atoms with Crippen LogP contribution in [0.5, 0.6) is 23.1 Å². The Bertz CT molecular complexity index is 1270. The summed E-state index contributed by atoms with van der Waals surface area (Å²) in [5.74, 6) is 1.61. The SMILES string of the molecule is CC.COc1cc2c(Oc3ccc4[nH]c(C)cc4c3F)ncnc2cc1OCC1CCNCC1. The lowest BCUT2D eigenvalue weighted by molar-refractivity contribution is 0.208. The molecule has 1 saturated heterocycles. The number of nitrogens with zero attached hydrogens (tertiary/aromatic N) is 2. The fraction of sp³-hybridized carbons (Fsp3) is 0.385. The van der Waals surface area contributed by atoms with Crippen molar-refractivity contribution in [2.45, 2.75) is 33.6 Å². The van der Waals surface area contributed by atoms with Gasteiger partial charge in [0.2, 0.25) is 5.88 Å². The standard InChI is InChI=1S/C24H25FN4O3.C2H6/c1-14-9-16-18(29-14)3-4-20(23(16)25)32-24-17-10-21(30-2)22(11-19(17)27-13-28-24)31-12-15-5-7-26-8-6-15;1-2/h3-4,9-11,13,15,26,29H,5-8,12H2,1-2H3;1-2H3. The number of hydrogen-bond acceptors (Lipinski definition) is 6. The Balaban J connectivity index is 0.00000133. The lowest BCUT2D eigenvalue weighted by Gasteiger charge is -2.23. The number of hydrogen-bond donors (Lipinski definition) is 2. The van der Waals surface area contributed by atoms with Gasteiger partial charge in [0.05, 0.1) is 24.6 Å². The largest absolute Gasteiger partial charge is 0.493 e. The molecule has 3 heterocycles. The summed E-state index contributed by atoms with van der Waals surface area (Å²) in [5, 5.41) is 4.45. The first-order valence-corrected chi connectivity index (χ1v) is 11.7. The van der Waals surface area contributed by atoms with Crippen molar-refractivity contribution in [3.05, 3.63) is 48.2 Å². The van der Waals surface area contributed by atoms with Crippen molar-refractivity contribution in [2.24, 2.45) is 5.92 Å². The van der Waals surface area contributed by atoms with Gasteiger partial charge in [-0.3, -0.25) is 0 Å². The van der Waals surface area contributed by atoms with Crippen LogP contribution in [0.2, 0.25) is 0 Å². The van der Waals surface area contributed by atoms with Crippen molar-refractivity contribution in [2.75, 3.05) is 26.8 Å². The number of aromatic amines is 1. The van der Waals surface area contributed by atoms with Gasteiger partial charge >= 0.3 is 0 Å². The van der Waals surface area contributed by atoms with Crippen molar-refractivity contribution in [3.8, 4) is 23.1 Å². The molecular formula is C26H31FN4O3. The van der Waals surface area contributed by atoms with E-state index >= 15 is 4.39 Å². The number of nitrogens with one attached hydrogen (secondary N) is 2. The number of rotatable bonds is 6. The fourth-order valence-corrected chi connectivity index (χ4v) is 4.12. The van der Waals surface area contributed by atoms with Gasteiger partial charge in [-0.15, -0.1) is 0 Å². The molecule has 0 atom stereocenters. The number of aryl methyl sites for hydroxylation is 1. The van der Waals surface area contributed by atoms with Gasteiger partial charge in [-0.05, 0) is 63.0 Å². The van der Waals surface area contributed by atoms with Crippen LogP contribution in [-0.4, -0.2) is 41.8 Å². The minimum absolute atomic E-state index is 0.0988. The third-order valence-electron chi connectivity index (χ3n) is 5.86. The van der Waals surface area contributed by atoms with Gasteiger partial charge in [-0.1, -0.05) is 13.8 Å². The molecule has 180 valence electrons. The van der Waals surface area contributed by atoms with E-state index in [1.165, 1.54) is 6.33 Å². The second kappa shape index (κ2) is 10.7. The molecular weight excluding hydrogens is 435 g/mol. The molecule has 0 radical (unpaired) electrons.